The molecule has 1 saturated heterocycles. The van der Waals surface area contributed by atoms with E-state index in [0.29, 0.717) is 24.1 Å². The summed E-state index contributed by atoms with van der Waals surface area (Å²) in [5.41, 5.74) is 1.12. The number of hydrogen-bond acceptors (Lipinski definition) is 4. The van der Waals surface area contributed by atoms with Crippen molar-refractivity contribution in [1.82, 2.24) is 15.5 Å². The van der Waals surface area contributed by atoms with Gasteiger partial charge in [0.15, 0.2) is 5.96 Å². The SMILES string of the molecule is CN=C(NCCS(=O)Cc1ccccc1)NCC(c1cccs1)N1CCCC1. The zero-order chi connectivity index (χ0) is 19.6. The van der Waals surface area contributed by atoms with Crippen molar-refractivity contribution in [2.24, 2.45) is 4.99 Å². The van der Waals surface area contributed by atoms with Crippen LogP contribution in [-0.2, 0) is 16.6 Å². The molecule has 1 aromatic heterocycles. The normalized spacial score (nSPS) is 17.4. The summed E-state index contributed by atoms with van der Waals surface area (Å²) in [5, 5.41) is 8.92. The molecular formula is C21H30N4OS2. The van der Waals surface area contributed by atoms with E-state index >= 15 is 0 Å². The fourth-order valence-electron chi connectivity index (χ4n) is 3.47. The molecule has 2 aromatic rings. The molecule has 1 aliphatic rings. The highest BCUT2D eigenvalue weighted by molar-refractivity contribution is 7.84. The molecule has 1 aromatic carbocycles. The molecular weight excluding hydrogens is 388 g/mol. The Bertz CT molecular complexity index is 743. The number of rotatable bonds is 9. The van der Waals surface area contributed by atoms with Gasteiger partial charge in [-0.05, 0) is 42.9 Å². The van der Waals surface area contributed by atoms with Crippen LogP contribution in [0, 0.1) is 0 Å². The van der Waals surface area contributed by atoms with Gasteiger partial charge in [-0.25, -0.2) is 0 Å². The fourth-order valence-corrected chi connectivity index (χ4v) is 5.37. The molecule has 0 bridgehead atoms. The van der Waals surface area contributed by atoms with Crippen molar-refractivity contribution >= 4 is 28.1 Å². The van der Waals surface area contributed by atoms with E-state index in [1.807, 2.05) is 41.7 Å². The van der Waals surface area contributed by atoms with E-state index in [2.05, 4.69) is 38.0 Å². The largest absolute Gasteiger partial charge is 0.355 e. The molecule has 0 aliphatic carbocycles. The number of thiophene rings is 1. The van der Waals surface area contributed by atoms with Crippen molar-refractivity contribution in [2.45, 2.75) is 24.6 Å². The summed E-state index contributed by atoms with van der Waals surface area (Å²) in [6.07, 6.45) is 2.56. The second-order valence-corrected chi connectivity index (χ2v) is 9.48. The molecule has 7 heteroatoms. The van der Waals surface area contributed by atoms with Crippen molar-refractivity contribution in [3.8, 4) is 0 Å². The summed E-state index contributed by atoms with van der Waals surface area (Å²) in [6, 6.07) is 14.7. The highest BCUT2D eigenvalue weighted by Crippen LogP contribution is 2.27. The number of hydrogen-bond donors (Lipinski definition) is 2. The molecule has 152 valence electrons. The third-order valence-corrected chi connectivity index (χ3v) is 7.22. The van der Waals surface area contributed by atoms with Gasteiger partial charge in [0.25, 0.3) is 0 Å². The number of guanidine groups is 1. The first-order chi connectivity index (χ1) is 13.8. The summed E-state index contributed by atoms with van der Waals surface area (Å²) >= 11 is 1.82. The van der Waals surface area contributed by atoms with Crippen LogP contribution in [0.15, 0.2) is 52.8 Å². The van der Waals surface area contributed by atoms with Gasteiger partial charge in [0.1, 0.15) is 0 Å². The zero-order valence-electron chi connectivity index (χ0n) is 16.5. The summed E-state index contributed by atoms with van der Waals surface area (Å²) in [7, 11) is 0.904. The molecule has 2 heterocycles. The first-order valence-corrected chi connectivity index (χ1v) is 12.2. The summed E-state index contributed by atoms with van der Waals surface area (Å²) < 4.78 is 12.3. The average Bonchev–Trinajstić information content (AvgIpc) is 3.42. The van der Waals surface area contributed by atoms with Crippen LogP contribution in [0.2, 0.25) is 0 Å². The first kappa shape index (κ1) is 21.0. The predicted octanol–water partition coefficient (Wildman–Crippen LogP) is 3.00. The van der Waals surface area contributed by atoms with Crippen LogP contribution in [0.1, 0.15) is 29.3 Å². The Hall–Kier alpha value is -1.70. The van der Waals surface area contributed by atoms with Crippen molar-refractivity contribution in [1.29, 1.82) is 0 Å². The van der Waals surface area contributed by atoms with Gasteiger partial charge in [-0.1, -0.05) is 36.4 Å². The Kier molecular flexibility index (Phi) is 8.51. The van der Waals surface area contributed by atoms with Crippen molar-refractivity contribution in [2.75, 3.05) is 39.0 Å². The average molecular weight is 419 g/mol. The molecule has 0 amide bonds. The van der Waals surface area contributed by atoms with Crippen LogP contribution in [-0.4, -0.2) is 54.0 Å². The Labute approximate surface area is 174 Å². The van der Waals surface area contributed by atoms with Crippen LogP contribution in [0.4, 0.5) is 0 Å². The van der Waals surface area contributed by atoms with Crippen molar-refractivity contribution < 1.29 is 4.21 Å². The van der Waals surface area contributed by atoms with E-state index in [9.17, 15) is 4.21 Å². The van der Waals surface area contributed by atoms with Gasteiger partial charge in [0, 0.05) is 47.3 Å². The van der Waals surface area contributed by atoms with E-state index in [4.69, 9.17) is 0 Å². The third kappa shape index (κ3) is 6.43. The Morgan fingerprint density at radius 3 is 2.64 bits per heavy atom. The molecule has 1 aliphatic heterocycles. The van der Waals surface area contributed by atoms with E-state index in [-0.39, 0.29) is 0 Å². The summed E-state index contributed by atoms with van der Waals surface area (Å²) in [6.45, 7) is 3.79. The molecule has 1 fully saturated rings. The molecule has 3 rings (SSSR count). The van der Waals surface area contributed by atoms with E-state index < -0.39 is 10.8 Å². The predicted molar refractivity (Wildman–Crippen MR) is 120 cm³/mol. The molecule has 2 unspecified atom stereocenters. The number of likely N-dealkylation sites (tertiary alicyclic amines) is 1. The quantitative estimate of drug-likeness (QED) is 0.486. The maximum Gasteiger partial charge on any atom is 0.191 e. The Morgan fingerprint density at radius 2 is 1.96 bits per heavy atom. The maximum atomic E-state index is 12.3. The molecule has 0 saturated carbocycles. The first-order valence-electron chi connectivity index (χ1n) is 9.87. The second kappa shape index (κ2) is 11.3. The van der Waals surface area contributed by atoms with Crippen LogP contribution >= 0.6 is 11.3 Å². The summed E-state index contributed by atoms with van der Waals surface area (Å²) in [4.78, 5) is 8.28. The van der Waals surface area contributed by atoms with Crippen LogP contribution in [0.25, 0.3) is 0 Å². The molecule has 2 atom stereocenters. The van der Waals surface area contributed by atoms with Crippen molar-refractivity contribution in [3.63, 3.8) is 0 Å². The van der Waals surface area contributed by atoms with Gasteiger partial charge in [0.2, 0.25) is 0 Å². The fraction of sp³-hybridized carbons (Fsp3) is 0.476. The van der Waals surface area contributed by atoms with E-state index in [1.165, 1.54) is 17.7 Å². The topological polar surface area (TPSA) is 56.7 Å². The lowest BCUT2D eigenvalue weighted by atomic mass is 10.2. The zero-order valence-corrected chi connectivity index (χ0v) is 18.1. The lowest BCUT2D eigenvalue weighted by molar-refractivity contribution is 0.249. The van der Waals surface area contributed by atoms with Gasteiger partial charge < -0.3 is 10.6 Å². The Morgan fingerprint density at radius 1 is 1.18 bits per heavy atom. The lowest BCUT2D eigenvalue weighted by Gasteiger charge is -2.27. The number of nitrogens with zero attached hydrogens (tertiary/aromatic N) is 2. The van der Waals surface area contributed by atoms with Crippen molar-refractivity contribution in [3.05, 3.63) is 58.3 Å². The third-order valence-electron chi connectivity index (χ3n) is 4.93. The lowest BCUT2D eigenvalue weighted by Crippen LogP contribution is -2.43. The minimum atomic E-state index is -0.880. The minimum absolute atomic E-state index is 0.383. The second-order valence-electron chi connectivity index (χ2n) is 6.93. The molecule has 2 N–H and O–H groups in total. The van der Waals surface area contributed by atoms with Gasteiger partial charge in [-0.2, -0.15) is 0 Å². The number of benzene rings is 1. The van der Waals surface area contributed by atoms with E-state index in [1.54, 1.807) is 7.05 Å². The van der Waals surface area contributed by atoms with Crippen LogP contribution < -0.4 is 10.6 Å². The van der Waals surface area contributed by atoms with Crippen LogP contribution in [0.5, 0.6) is 0 Å². The van der Waals surface area contributed by atoms with Gasteiger partial charge in [-0.3, -0.25) is 14.1 Å². The summed E-state index contributed by atoms with van der Waals surface area (Å²) in [5.74, 6) is 1.98. The highest BCUT2D eigenvalue weighted by atomic mass is 32.2. The molecule has 0 spiro atoms. The van der Waals surface area contributed by atoms with Gasteiger partial charge in [-0.15, -0.1) is 11.3 Å². The smallest absolute Gasteiger partial charge is 0.191 e. The van der Waals surface area contributed by atoms with Crippen LogP contribution in [0.3, 0.4) is 0 Å². The van der Waals surface area contributed by atoms with E-state index in [0.717, 1.165) is 31.2 Å². The van der Waals surface area contributed by atoms with Gasteiger partial charge in [0.05, 0.1) is 6.04 Å². The minimum Gasteiger partial charge on any atom is -0.355 e. The number of nitrogens with one attached hydrogen (secondary N) is 2. The standard InChI is InChI=1S/C21H30N4OS2/c1-22-21(23-11-15-28(26)17-18-8-3-2-4-9-18)24-16-19(20-10-7-14-27-20)25-12-5-6-13-25/h2-4,7-10,14,19H,5-6,11-13,15-17H2,1H3,(H2,22,23,24). The molecule has 5 nitrogen and oxygen atoms in total. The maximum absolute atomic E-state index is 12.3. The number of aliphatic imine (C=N–C) groups is 1. The molecule has 28 heavy (non-hydrogen) atoms. The Balaban J connectivity index is 1.44. The highest BCUT2D eigenvalue weighted by Gasteiger charge is 2.24. The van der Waals surface area contributed by atoms with Gasteiger partial charge >= 0.3 is 0 Å². The monoisotopic (exact) mass is 418 g/mol. The molecule has 0 radical (unpaired) electrons.